The van der Waals surface area contributed by atoms with Crippen molar-refractivity contribution in [2.75, 3.05) is 13.1 Å². The van der Waals surface area contributed by atoms with Gasteiger partial charge in [0.25, 0.3) is 5.91 Å². The zero-order valence-corrected chi connectivity index (χ0v) is 15.9. The maximum atomic E-state index is 12.9. The molecule has 0 saturated carbocycles. The van der Waals surface area contributed by atoms with Gasteiger partial charge in [-0.05, 0) is 37.0 Å². The summed E-state index contributed by atoms with van der Waals surface area (Å²) in [6, 6.07) is 5.57. The van der Waals surface area contributed by atoms with Crippen LogP contribution in [0.25, 0.3) is 11.0 Å². The molecule has 4 rings (SSSR count). The Balaban J connectivity index is 1.39. The van der Waals surface area contributed by atoms with Gasteiger partial charge < -0.3 is 9.47 Å². The fourth-order valence-electron chi connectivity index (χ4n) is 3.85. The van der Waals surface area contributed by atoms with Crippen molar-refractivity contribution in [3.8, 4) is 0 Å². The summed E-state index contributed by atoms with van der Waals surface area (Å²) in [5, 5.41) is 0. The minimum atomic E-state index is 0.0894. The molecule has 1 fully saturated rings. The molecule has 0 N–H and O–H groups in total. The Hall–Kier alpha value is -2.76. The van der Waals surface area contributed by atoms with Gasteiger partial charge in [0.05, 0.1) is 11.0 Å². The monoisotopic (exact) mass is 363 g/mol. The average Bonchev–Trinajstić information content (AvgIpc) is 3.16. The number of piperidine rings is 1. The van der Waals surface area contributed by atoms with Gasteiger partial charge >= 0.3 is 0 Å². The van der Waals surface area contributed by atoms with Crippen LogP contribution < -0.4 is 0 Å². The van der Waals surface area contributed by atoms with E-state index >= 15 is 0 Å². The molecule has 3 aromatic rings. The Morgan fingerprint density at radius 1 is 1.07 bits per heavy atom. The zero-order valence-electron chi connectivity index (χ0n) is 15.9. The van der Waals surface area contributed by atoms with Crippen LogP contribution in [0, 0.1) is 5.92 Å². The van der Waals surface area contributed by atoms with E-state index in [0.717, 1.165) is 49.3 Å². The van der Waals surface area contributed by atoms with Gasteiger partial charge in [-0.25, -0.2) is 4.98 Å². The van der Waals surface area contributed by atoms with Crippen LogP contribution in [0.4, 0.5) is 0 Å². The summed E-state index contributed by atoms with van der Waals surface area (Å²) in [6.07, 6.45) is 9.33. The van der Waals surface area contributed by atoms with Crippen molar-refractivity contribution in [3.63, 3.8) is 0 Å². The van der Waals surface area contributed by atoms with Crippen molar-refractivity contribution >= 4 is 16.9 Å². The summed E-state index contributed by atoms with van der Waals surface area (Å²) in [5.74, 6) is 2.25. The molecular formula is C21H25N5O. The molecule has 1 aliphatic rings. The molecule has 2 aromatic heterocycles. The second-order valence-electron chi connectivity index (χ2n) is 7.59. The molecule has 1 saturated heterocycles. The highest BCUT2D eigenvalue weighted by Gasteiger charge is 2.24. The summed E-state index contributed by atoms with van der Waals surface area (Å²) in [4.78, 5) is 27.9. The van der Waals surface area contributed by atoms with Crippen LogP contribution >= 0.6 is 0 Å². The molecule has 0 spiro atoms. The van der Waals surface area contributed by atoms with E-state index in [0.29, 0.717) is 17.4 Å². The number of aromatic nitrogens is 4. The molecule has 6 heteroatoms. The van der Waals surface area contributed by atoms with Crippen molar-refractivity contribution in [2.24, 2.45) is 5.92 Å². The molecule has 0 radical (unpaired) electrons. The van der Waals surface area contributed by atoms with Crippen LogP contribution in [0.5, 0.6) is 0 Å². The van der Waals surface area contributed by atoms with E-state index in [1.165, 1.54) is 0 Å². The number of hydrogen-bond acceptors (Lipinski definition) is 4. The van der Waals surface area contributed by atoms with E-state index in [1.807, 2.05) is 29.3 Å². The summed E-state index contributed by atoms with van der Waals surface area (Å²) in [6.45, 7) is 6.94. The number of nitrogens with zero attached hydrogens (tertiary/aromatic N) is 5. The second kappa shape index (κ2) is 7.47. The maximum absolute atomic E-state index is 12.9. The lowest BCUT2D eigenvalue weighted by Crippen LogP contribution is -2.39. The van der Waals surface area contributed by atoms with Crippen molar-refractivity contribution in [1.82, 2.24) is 24.4 Å². The topological polar surface area (TPSA) is 63.9 Å². The Bertz CT molecular complexity index is 940. The zero-order chi connectivity index (χ0) is 18.8. The third kappa shape index (κ3) is 3.70. The van der Waals surface area contributed by atoms with Gasteiger partial charge in [-0.3, -0.25) is 14.8 Å². The molecule has 27 heavy (non-hydrogen) atoms. The molecule has 0 bridgehead atoms. The number of rotatable bonds is 4. The summed E-state index contributed by atoms with van der Waals surface area (Å²) in [7, 11) is 0. The third-order valence-corrected chi connectivity index (χ3v) is 5.34. The van der Waals surface area contributed by atoms with Crippen molar-refractivity contribution in [2.45, 2.75) is 39.2 Å². The van der Waals surface area contributed by atoms with E-state index in [1.54, 1.807) is 12.4 Å². The van der Waals surface area contributed by atoms with E-state index in [2.05, 4.69) is 39.6 Å². The number of hydrogen-bond donors (Lipinski definition) is 0. The Kier molecular flexibility index (Phi) is 4.88. The smallest absolute Gasteiger partial charge is 0.253 e. The van der Waals surface area contributed by atoms with Gasteiger partial charge in [-0.1, -0.05) is 13.8 Å². The molecule has 3 heterocycles. The molecule has 6 nitrogen and oxygen atoms in total. The number of amides is 1. The average molecular weight is 363 g/mol. The summed E-state index contributed by atoms with van der Waals surface area (Å²) >= 11 is 0. The van der Waals surface area contributed by atoms with Gasteiger partial charge in [0.1, 0.15) is 5.82 Å². The fraction of sp³-hybridized carbons (Fsp3) is 0.429. The quantitative estimate of drug-likeness (QED) is 0.712. The first kappa shape index (κ1) is 17.6. The van der Waals surface area contributed by atoms with Crippen LogP contribution in [0.1, 0.15) is 48.8 Å². The Labute approximate surface area is 159 Å². The second-order valence-corrected chi connectivity index (χ2v) is 7.59. The lowest BCUT2D eigenvalue weighted by Gasteiger charge is -2.32. The van der Waals surface area contributed by atoms with Crippen molar-refractivity contribution in [3.05, 3.63) is 54.4 Å². The number of carbonyl (C=O) groups is 1. The predicted octanol–water partition coefficient (Wildman–Crippen LogP) is 3.50. The highest BCUT2D eigenvalue weighted by Crippen LogP contribution is 2.23. The minimum absolute atomic E-state index is 0.0894. The number of carbonyl (C=O) groups excluding carboxylic acids is 1. The standard InChI is InChI=1S/C21H25N5O/c1-15(2)20-24-9-12-26(20)14-16-5-10-25(11-6-16)21(27)17-3-4-18-19(13-17)23-8-7-22-18/h3-4,7-9,12-13,15-16H,5-6,10-11,14H2,1-2H3. The Morgan fingerprint density at radius 2 is 1.81 bits per heavy atom. The van der Waals surface area contributed by atoms with Gasteiger partial charge in [-0.15, -0.1) is 0 Å². The molecule has 1 amide bonds. The third-order valence-electron chi connectivity index (χ3n) is 5.34. The maximum Gasteiger partial charge on any atom is 0.253 e. The van der Waals surface area contributed by atoms with E-state index in [9.17, 15) is 4.79 Å². The van der Waals surface area contributed by atoms with Gasteiger partial charge in [0, 0.05) is 55.9 Å². The van der Waals surface area contributed by atoms with E-state index < -0.39 is 0 Å². The molecule has 0 atom stereocenters. The van der Waals surface area contributed by atoms with Gasteiger partial charge in [0.15, 0.2) is 0 Å². The fourth-order valence-corrected chi connectivity index (χ4v) is 3.85. The largest absolute Gasteiger partial charge is 0.339 e. The number of fused-ring (bicyclic) bond motifs is 1. The Morgan fingerprint density at radius 3 is 2.56 bits per heavy atom. The first-order valence-corrected chi connectivity index (χ1v) is 9.63. The van der Waals surface area contributed by atoms with Crippen LogP contribution in [0.15, 0.2) is 43.0 Å². The van der Waals surface area contributed by atoms with Gasteiger partial charge in [-0.2, -0.15) is 0 Å². The lowest BCUT2D eigenvalue weighted by atomic mass is 9.96. The predicted molar refractivity (Wildman–Crippen MR) is 104 cm³/mol. The summed E-state index contributed by atoms with van der Waals surface area (Å²) < 4.78 is 2.27. The number of imidazole rings is 1. The van der Waals surface area contributed by atoms with Crippen LogP contribution in [0.3, 0.4) is 0 Å². The highest BCUT2D eigenvalue weighted by molar-refractivity contribution is 5.97. The van der Waals surface area contributed by atoms with Gasteiger partial charge in [0.2, 0.25) is 0 Å². The summed E-state index contributed by atoms with van der Waals surface area (Å²) in [5.41, 5.74) is 2.27. The number of likely N-dealkylation sites (tertiary alicyclic amines) is 1. The normalized spacial score (nSPS) is 15.6. The molecular weight excluding hydrogens is 338 g/mol. The van der Waals surface area contributed by atoms with E-state index in [4.69, 9.17) is 0 Å². The molecule has 0 aliphatic carbocycles. The minimum Gasteiger partial charge on any atom is -0.339 e. The molecule has 1 aromatic carbocycles. The molecule has 140 valence electrons. The van der Waals surface area contributed by atoms with Crippen LogP contribution in [-0.4, -0.2) is 43.4 Å². The van der Waals surface area contributed by atoms with Crippen molar-refractivity contribution in [1.29, 1.82) is 0 Å². The molecule has 1 aliphatic heterocycles. The molecule has 0 unspecified atom stereocenters. The lowest BCUT2D eigenvalue weighted by molar-refractivity contribution is 0.0682. The first-order chi connectivity index (χ1) is 13.1. The first-order valence-electron chi connectivity index (χ1n) is 9.63. The highest BCUT2D eigenvalue weighted by atomic mass is 16.2. The van der Waals surface area contributed by atoms with Crippen LogP contribution in [0.2, 0.25) is 0 Å². The van der Waals surface area contributed by atoms with Crippen LogP contribution in [-0.2, 0) is 6.54 Å². The SMILES string of the molecule is CC(C)c1nccn1CC1CCN(C(=O)c2ccc3nccnc3c2)CC1. The van der Waals surface area contributed by atoms with Crippen molar-refractivity contribution < 1.29 is 4.79 Å². The number of benzene rings is 1. The van der Waals surface area contributed by atoms with E-state index in [-0.39, 0.29) is 5.91 Å².